The van der Waals surface area contributed by atoms with Crippen molar-refractivity contribution in [2.75, 3.05) is 5.17 Å². The Labute approximate surface area is 97.1 Å². The van der Waals surface area contributed by atoms with Crippen molar-refractivity contribution in [2.45, 2.75) is 0 Å². The van der Waals surface area contributed by atoms with Gasteiger partial charge in [-0.25, -0.2) is 0 Å². The molecule has 0 fully saturated rings. The van der Waals surface area contributed by atoms with Crippen LogP contribution in [0.15, 0.2) is 17.2 Å². The molecule has 0 saturated heterocycles. The number of nitrogens with zero attached hydrogens (tertiary/aromatic N) is 5. The molecule has 2 rings (SSSR count). The Hall–Kier alpha value is -3.02. The minimum absolute atomic E-state index is 0.144. The number of hydrazine groups is 2. The van der Waals surface area contributed by atoms with Crippen molar-refractivity contribution < 1.29 is 14.8 Å². The van der Waals surface area contributed by atoms with Crippen LogP contribution in [0.1, 0.15) is 0 Å². The summed E-state index contributed by atoms with van der Waals surface area (Å²) in [5.74, 6) is 0. The van der Waals surface area contributed by atoms with Crippen molar-refractivity contribution in [1.82, 2.24) is 5.53 Å². The van der Waals surface area contributed by atoms with Crippen molar-refractivity contribution >= 4 is 22.7 Å². The predicted octanol–water partition coefficient (Wildman–Crippen LogP) is 0.834. The molecule has 0 saturated carbocycles. The number of hydrogen-bond donors (Lipinski definition) is 1. The van der Waals surface area contributed by atoms with Gasteiger partial charge in [0.2, 0.25) is 5.69 Å². The third-order valence-corrected chi connectivity index (χ3v) is 2.05. The zero-order valence-corrected chi connectivity index (χ0v) is 8.34. The lowest BCUT2D eigenvalue weighted by Crippen LogP contribution is -2.40. The lowest BCUT2D eigenvalue weighted by atomic mass is 10.2. The Kier molecular flexibility index (Phi) is 2.40. The van der Waals surface area contributed by atoms with Gasteiger partial charge in [-0.05, 0) is 0 Å². The molecule has 1 heterocycles. The highest BCUT2D eigenvalue weighted by Gasteiger charge is 2.30. The number of hydrogen-bond acceptors (Lipinski definition) is 9. The number of anilines is 1. The highest BCUT2D eigenvalue weighted by molar-refractivity contribution is 5.79. The number of nitro benzene ring substituents is 2. The molecular formula is C6H3N6O6-. The SMILES string of the molecule is O=[N+]([O-])c1cc2c(c([N+](=O)[O-])c1)N=[N+]([O-])NN2[O-]. The Balaban J connectivity index is 2.74. The minimum atomic E-state index is -0.970. The minimum Gasteiger partial charge on any atom is -0.735 e. The van der Waals surface area contributed by atoms with E-state index in [1.165, 1.54) is 0 Å². The maximum atomic E-state index is 11.3. The standard InChI is InChI=1S/C6H3N6O6/c13-9-4-1-3(10(14)15)2-5(11(16)17)6(4)7-12(18)8-9/h1-2H,(H,7,8)/q-1. The van der Waals surface area contributed by atoms with Crippen LogP contribution < -0.4 is 10.7 Å². The number of benzene rings is 1. The van der Waals surface area contributed by atoms with Crippen molar-refractivity contribution in [3.8, 4) is 0 Å². The van der Waals surface area contributed by atoms with Crippen LogP contribution in [0.25, 0.3) is 0 Å². The van der Waals surface area contributed by atoms with Gasteiger partial charge >= 0.3 is 5.69 Å². The maximum Gasteiger partial charge on any atom is 0.310 e. The largest absolute Gasteiger partial charge is 0.735 e. The zero-order valence-electron chi connectivity index (χ0n) is 8.34. The average Bonchev–Trinajstić information content (AvgIpc) is 2.27. The first-order valence-corrected chi connectivity index (χ1v) is 4.29. The van der Waals surface area contributed by atoms with Gasteiger partial charge in [0.25, 0.3) is 5.69 Å². The van der Waals surface area contributed by atoms with E-state index in [-0.39, 0.29) is 10.1 Å². The normalized spacial score (nSPS) is 13.4. The van der Waals surface area contributed by atoms with Crippen LogP contribution in [-0.4, -0.2) is 14.8 Å². The van der Waals surface area contributed by atoms with Gasteiger partial charge in [0.05, 0.1) is 26.6 Å². The van der Waals surface area contributed by atoms with Gasteiger partial charge in [0.15, 0.2) is 0 Å². The van der Waals surface area contributed by atoms with E-state index >= 15 is 0 Å². The lowest BCUT2D eigenvalue weighted by Gasteiger charge is -2.29. The molecule has 1 aliphatic rings. The quantitative estimate of drug-likeness (QED) is 0.351. The molecule has 94 valence electrons. The predicted molar refractivity (Wildman–Crippen MR) is 54.4 cm³/mol. The van der Waals surface area contributed by atoms with Gasteiger partial charge in [-0.2, -0.15) is 0 Å². The van der Waals surface area contributed by atoms with Gasteiger partial charge in [-0.15, -0.1) is 0 Å². The summed E-state index contributed by atoms with van der Waals surface area (Å²) in [6.45, 7) is 0. The van der Waals surface area contributed by atoms with E-state index in [0.29, 0.717) is 6.07 Å². The lowest BCUT2D eigenvalue weighted by molar-refractivity contribution is -0.588. The van der Waals surface area contributed by atoms with E-state index in [1.807, 2.05) is 0 Å². The molecule has 12 heteroatoms. The fraction of sp³-hybridized carbons (Fsp3) is 0. The molecular weight excluding hydrogens is 252 g/mol. The Morgan fingerprint density at radius 1 is 1.28 bits per heavy atom. The van der Waals surface area contributed by atoms with Gasteiger partial charge in [0.1, 0.15) is 0 Å². The molecule has 0 spiro atoms. The molecule has 0 amide bonds. The number of rotatable bonds is 2. The van der Waals surface area contributed by atoms with Crippen molar-refractivity contribution in [1.29, 1.82) is 0 Å². The Morgan fingerprint density at radius 2 is 1.94 bits per heavy atom. The second kappa shape index (κ2) is 3.77. The number of fused-ring (bicyclic) bond motifs is 1. The van der Waals surface area contributed by atoms with Crippen LogP contribution >= 0.6 is 0 Å². The monoisotopic (exact) mass is 255 g/mol. The molecule has 0 unspecified atom stereocenters. The smallest absolute Gasteiger partial charge is 0.310 e. The summed E-state index contributed by atoms with van der Waals surface area (Å²) in [4.78, 5) is 19.1. The Bertz CT molecular complexity index is 584. The number of nitrogens with one attached hydrogen (secondary N) is 1. The third-order valence-electron chi connectivity index (χ3n) is 2.05. The second-order valence-electron chi connectivity index (χ2n) is 3.11. The van der Waals surface area contributed by atoms with Crippen molar-refractivity contribution in [2.24, 2.45) is 5.11 Å². The van der Waals surface area contributed by atoms with Gasteiger partial charge in [-0.3, -0.25) is 25.4 Å². The first-order chi connectivity index (χ1) is 8.40. The maximum absolute atomic E-state index is 11.3. The first kappa shape index (κ1) is 11.5. The van der Waals surface area contributed by atoms with Crippen LogP contribution in [0.2, 0.25) is 0 Å². The summed E-state index contributed by atoms with van der Waals surface area (Å²) in [7, 11) is 0. The molecule has 12 nitrogen and oxygen atoms in total. The van der Waals surface area contributed by atoms with Crippen molar-refractivity contribution in [3.63, 3.8) is 0 Å². The molecule has 1 aromatic rings. The molecule has 1 aliphatic heterocycles. The Morgan fingerprint density at radius 3 is 2.50 bits per heavy atom. The van der Waals surface area contributed by atoms with E-state index in [0.717, 1.165) is 6.07 Å². The number of non-ortho nitro benzene ring substituents is 1. The summed E-state index contributed by atoms with van der Waals surface area (Å²) >= 11 is 0. The van der Waals surface area contributed by atoms with E-state index < -0.39 is 32.6 Å². The topological polar surface area (TPSA) is 163 Å². The fourth-order valence-electron chi connectivity index (χ4n) is 1.34. The fourth-order valence-corrected chi connectivity index (χ4v) is 1.34. The summed E-state index contributed by atoms with van der Waals surface area (Å²) in [6, 6.07) is 1.40. The summed E-state index contributed by atoms with van der Waals surface area (Å²) in [5.41, 5.74) is -0.877. The highest BCUT2D eigenvalue weighted by atomic mass is 16.6. The van der Waals surface area contributed by atoms with Crippen molar-refractivity contribution in [3.05, 3.63) is 42.8 Å². The molecule has 0 radical (unpaired) electrons. The van der Waals surface area contributed by atoms with Gasteiger partial charge in [0, 0.05) is 11.2 Å². The summed E-state index contributed by atoms with van der Waals surface area (Å²) < 4.78 is 0. The highest BCUT2D eigenvalue weighted by Crippen LogP contribution is 2.41. The molecule has 0 aliphatic carbocycles. The van der Waals surface area contributed by atoms with E-state index in [4.69, 9.17) is 0 Å². The number of nitro groups is 2. The molecule has 0 bridgehead atoms. The molecule has 0 atom stereocenters. The zero-order chi connectivity index (χ0) is 13.4. The van der Waals surface area contributed by atoms with E-state index in [9.17, 15) is 30.6 Å². The molecule has 18 heavy (non-hydrogen) atoms. The summed E-state index contributed by atoms with van der Waals surface area (Å²) in [6.07, 6.45) is 0. The summed E-state index contributed by atoms with van der Waals surface area (Å²) in [5, 5.41) is 46.5. The average molecular weight is 255 g/mol. The molecule has 1 aromatic carbocycles. The van der Waals surface area contributed by atoms with Crippen LogP contribution in [0.4, 0.5) is 22.7 Å². The van der Waals surface area contributed by atoms with Crippen LogP contribution in [-0.2, 0) is 0 Å². The van der Waals surface area contributed by atoms with Gasteiger partial charge < -0.3 is 10.4 Å². The first-order valence-electron chi connectivity index (χ1n) is 4.29. The van der Waals surface area contributed by atoms with E-state index in [1.54, 1.807) is 5.53 Å². The van der Waals surface area contributed by atoms with Gasteiger partial charge in [-0.1, -0.05) is 5.53 Å². The third kappa shape index (κ3) is 1.71. The van der Waals surface area contributed by atoms with Crippen LogP contribution in [0, 0.1) is 30.6 Å². The second-order valence-corrected chi connectivity index (χ2v) is 3.11. The van der Waals surface area contributed by atoms with Crippen LogP contribution in [0.5, 0.6) is 0 Å². The van der Waals surface area contributed by atoms with Crippen LogP contribution in [0.3, 0.4) is 0 Å². The molecule has 0 aromatic heterocycles. The molecule has 1 N–H and O–H groups in total. The van der Waals surface area contributed by atoms with E-state index in [2.05, 4.69) is 5.11 Å².